The van der Waals surface area contributed by atoms with Crippen molar-refractivity contribution in [2.24, 2.45) is 0 Å². The molecule has 0 amide bonds. The molecule has 5 nitrogen and oxygen atoms in total. The van der Waals surface area contributed by atoms with Crippen LogP contribution in [0, 0.1) is 0 Å². The summed E-state index contributed by atoms with van der Waals surface area (Å²) in [5, 5.41) is 38.5. The lowest BCUT2D eigenvalue weighted by Gasteiger charge is -1.99. The second kappa shape index (κ2) is 4.40. The maximum atomic E-state index is 9.15. The Morgan fingerprint density at radius 2 is 1.11 bits per heavy atom. The molecule has 0 aliphatic rings. The lowest BCUT2D eigenvalue weighted by atomic mass is 9.79. The third-order valence-electron chi connectivity index (χ3n) is 3.24. The highest BCUT2D eigenvalue weighted by atomic mass is 16.4. The fourth-order valence-corrected chi connectivity index (χ4v) is 2.27. The molecule has 0 unspecified atom stereocenters. The van der Waals surface area contributed by atoms with Gasteiger partial charge in [-0.15, -0.1) is 0 Å². The maximum absolute atomic E-state index is 9.15. The number of fused-ring (bicyclic) bond motifs is 3. The molecule has 2 aromatic carbocycles. The molecular formula is C12H11B2NO4. The van der Waals surface area contributed by atoms with Gasteiger partial charge in [0.2, 0.25) is 0 Å². The molecule has 0 radical (unpaired) electrons. The maximum Gasteiger partial charge on any atom is 0.488 e. The first-order valence-corrected chi connectivity index (χ1v) is 5.84. The lowest BCUT2D eigenvalue weighted by molar-refractivity contribution is 0.424. The van der Waals surface area contributed by atoms with Crippen LogP contribution in [0.1, 0.15) is 0 Å². The van der Waals surface area contributed by atoms with Crippen molar-refractivity contribution in [1.29, 1.82) is 0 Å². The number of hydrogen-bond donors (Lipinski definition) is 5. The Hall–Kier alpha value is -1.79. The molecule has 0 spiro atoms. The molecule has 0 saturated heterocycles. The van der Waals surface area contributed by atoms with Crippen molar-refractivity contribution in [3.05, 3.63) is 36.4 Å². The van der Waals surface area contributed by atoms with Gasteiger partial charge in [0.25, 0.3) is 0 Å². The van der Waals surface area contributed by atoms with Crippen molar-refractivity contribution < 1.29 is 20.1 Å². The van der Waals surface area contributed by atoms with Gasteiger partial charge in [-0.2, -0.15) is 0 Å². The molecule has 1 aromatic heterocycles. The second-order valence-electron chi connectivity index (χ2n) is 4.48. The molecule has 1 heterocycles. The molecular weight excluding hydrogens is 244 g/mol. The van der Waals surface area contributed by atoms with E-state index in [1.807, 2.05) is 0 Å². The molecule has 0 aliphatic heterocycles. The first kappa shape index (κ1) is 12.3. The minimum Gasteiger partial charge on any atom is -0.423 e. The Kier molecular flexibility index (Phi) is 2.83. The van der Waals surface area contributed by atoms with Crippen LogP contribution in [-0.2, 0) is 0 Å². The normalized spacial score (nSPS) is 11.2. The van der Waals surface area contributed by atoms with Crippen LogP contribution >= 0.6 is 0 Å². The van der Waals surface area contributed by atoms with Gasteiger partial charge in [0.1, 0.15) is 0 Å². The summed E-state index contributed by atoms with van der Waals surface area (Å²) in [6.45, 7) is 0. The van der Waals surface area contributed by atoms with Crippen molar-refractivity contribution in [2.75, 3.05) is 0 Å². The molecule has 0 fully saturated rings. The summed E-state index contributed by atoms with van der Waals surface area (Å²) < 4.78 is 0. The zero-order chi connectivity index (χ0) is 13.6. The molecule has 94 valence electrons. The quantitative estimate of drug-likeness (QED) is 0.367. The first-order chi connectivity index (χ1) is 9.06. The number of rotatable bonds is 2. The van der Waals surface area contributed by atoms with Crippen LogP contribution in [0.3, 0.4) is 0 Å². The minimum atomic E-state index is -1.51. The Labute approximate surface area is 109 Å². The highest BCUT2D eigenvalue weighted by Gasteiger charge is 2.15. The molecule has 5 N–H and O–H groups in total. The highest BCUT2D eigenvalue weighted by molar-refractivity contribution is 6.59. The number of H-pyrrole nitrogens is 1. The standard InChI is InChI=1S/C12H11B2NO4/c16-13(17)7-1-3-9-10-4-2-8(14(18)19)6-12(10)15-11(9)5-7/h1-6,15-19H. The molecule has 0 bridgehead atoms. The third-order valence-corrected chi connectivity index (χ3v) is 3.24. The van der Waals surface area contributed by atoms with E-state index in [0.717, 1.165) is 21.8 Å². The molecule has 0 aliphatic carbocycles. The number of nitrogens with one attached hydrogen (secondary N) is 1. The number of benzene rings is 2. The predicted molar refractivity (Wildman–Crippen MR) is 75.5 cm³/mol. The van der Waals surface area contributed by atoms with Gasteiger partial charge >= 0.3 is 14.2 Å². The first-order valence-electron chi connectivity index (χ1n) is 5.84. The average molecular weight is 255 g/mol. The van der Waals surface area contributed by atoms with E-state index >= 15 is 0 Å². The lowest BCUT2D eigenvalue weighted by Crippen LogP contribution is -2.29. The van der Waals surface area contributed by atoms with Gasteiger partial charge in [0.05, 0.1) is 0 Å². The fraction of sp³-hybridized carbons (Fsp3) is 0. The Balaban J connectivity index is 2.25. The van der Waals surface area contributed by atoms with E-state index in [-0.39, 0.29) is 0 Å². The molecule has 7 heteroatoms. The van der Waals surface area contributed by atoms with Crippen molar-refractivity contribution in [3.8, 4) is 0 Å². The van der Waals surface area contributed by atoms with Crippen molar-refractivity contribution >= 4 is 47.0 Å². The smallest absolute Gasteiger partial charge is 0.423 e. The van der Waals surface area contributed by atoms with E-state index in [0.29, 0.717) is 10.9 Å². The molecule has 3 aromatic rings. The molecule has 3 rings (SSSR count). The highest BCUT2D eigenvalue weighted by Crippen LogP contribution is 2.23. The number of aromatic nitrogens is 1. The van der Waals surface area contributed by atoms with E-state index in [9.17, 15) is 0 Å². The summed E-state index contributed by atoms with van der Waals surface area (Å²) in [6.07, 6.45) is 0. The van der Waals surface area contributed by atoms with Crippen molar-refractivity contribution in [2.45, 2.75) is 0 Å². The van der Waals surface area contributed by atoms with Crippen LogP contribution in [0.15, 0.2) is 36.4 Å². The van der Waals surface area contributed by atoms with Gasteiger partial charge < -0.3 is 25.1 Å². The van der Waals surface area contributed by atoms with Gasteiger partial charge in [-0.05, 0) is 23.1 Å². The average Bonchev–Trinajstić information content (AvgIpc) is 2.74. The molecule has 19 heavy (non-hydrogen) atoms. The van der Waals surface area contributed by atoms with Gasteiger partial charge in [-0.1, -0.05) is 24.3 Å². The number of aromatic amines is 1. The SMILES string of the molecule is OB(O)c1ccc2c(c1)[nH]c1cc(B(O)O)ccc12. The monoisotopic (exact) mass is 255 g/mol. The summed E-state index contributed by atoms with van der Waals surface area (Å²) >= 11 is 0. The van der Waals surface area contributed by atoms with Gasteiger partial charge in [-0.25, -0.2) is 0 Å². The van der Waals surface area contributed by atoms with E-state index in [1.54, 1.807) is 36.4 Å². The summed E-state index contributed by atoms with van der Waals surface area (Å²) in [5.41, 5.74) is 2.35. The zero-order valence-corrected chi connectivity index (χ0v) is 9.91. The Bertz CT molecular complexity index is 692. The van der Waals surface area contributed by atoms with Gasteiger partial charge in [0, 0.05) is 21.8 Å². The van der Waals surface area contributed by atoms with Crippen molar-refractivity contribution in [1.82, 2.24) is 4.98 Å². The minimum absolute atomic E-state index is 0.404. The van der Waals surface area contributed by atoms with Crippen molar-refractivity contribution in [3.63, 3.8) is 0 Å². The zero-order valence-electron chi connectivity index (χ0n) is 9.91. The van der Waals surface area contributed by atoms with Crippen LogP contribution in [0.5, 0.6) is 0 Å². The van der Waals surface area contributed by atoms with Gasteiger partial charge in [-0.3, -0.25) is 0 Å². The fourth-order valence-electron chi connectivity index (χ4n) is 2.27. The second-order valence-corrected chi connectivity index (χ2v) is 4.48. The third kappa shape index (κ3) is 2.02. The Morgan fingerprint density at radius 3 is 1.47 bits per heavy atom. The van der Waals surface area contributed by atoms with E-state index in [4.69, 9.17) is 20.1 Å². The van der Waals surface area contributed by atoms with Crippen LogP contribution in [0.2, 0.25) is 0 Å². The van der Waals surface area contributed by atoms with Crippen LogP contribution in [0.4, 0.5) is 0 Å². The van der Waals surface area contributed by atoms with Crippen LogP contribution in [0.25, 0.3) is 21.8 Å². The largest absolute Gasteiger partial charge is 0.488 e. The van der Waals surface area contributed by atoms with E-state index in [1.165, 1.54) is 0 Å². The van der Waals surface area contributed by atoms with E-state index in [2.05, 4.69) is 4.98 Å². The molecule has 0 saturated carbocycles. The van der Waals surface area contributed by atoms with E-state index < -0.39 is 14.2 Å². The number of hydrogen-bond acceptors (Lipinski definition) is 4. The topological polar surface area (TPSA) is 96.7 Å². The van der Waals surface area contributed by atoms with Crippen LogP contribution in [-0.4, -0.2) is 39.3 Å². The van der Waals surface area contributed by atoms with Crippen LogP contribution < -0.4 is 10.9 Å². The molecule has 0 atom stereocenters. The summed E-state index contributed by atoms with van der Waals surface area (Å²) in [4.78, 5) is 3.12. The summed E-state index contributed by atoms with van der Waals surface area (Å²) in [5.74, 6) is 0. The summed E-state index contributed by atoms with van der Waals surface area (Å²) in [6, 6.07) is 10.2. The predicted octanol–water partition coefficient (Wildman–Crippen LogP) is -1.32. The Morgan fingerprint density at radius 1 is 0.684 bits per heavy atom. The van der Waals surface area contributed by atoms with Gasteiger partial charge in [0.15, 0.2) is 0 Å². The summed E-state index contributed by atoms with van der Waals surface area (Å²) in [7, 11) is -3.02.